The topological polar surface area (TPSA) is 31.4 Å². The van der Waals surface area contributed by atoms with E-state index in [4.69, 9.17) is 0 Å². The summed E-state index contributed by atoms with van der Waals surface area (Å²) in [6.45, 7) is 13.9. The van der Waals surface area contributed by atoms with Crippen molar-refractivity contribution in [2.75, 3.05) is 45.8 Å². The van der Waals surface area contributed by atoms with E-state index in [1.807, 2.05) is 0 Å². The van der Waals surface area contributed by atoms with Gasteiger partial charge in [0.05, 0.1) is 10.7 Å². The van der Waals surface area contributed by atoms with Gasteiger partial charge < -0.3 is 10.2 Å². The van der Waals surface area contributed by atoms with Gasteiger partial charge in [0.2, 0.25) is 0 Å². The third-order valence-corrected chi connectivity index (χ3v) is 5.40. The molecule has 0 amide bonds. The molecule has 21 heavy (non-hydrogen) atoms. The van der Waals surface area contributed by atoms with Crippen molar-refractivity contribution in [2.24, 2.45) is 5.41 Å². The van der Waals surface area contributed by atoms with E-state index in [2.05, 4.69) is 39.3 Å². The number of halogens is 1. The predicted molar refractivity (Wildman–Crippen MR) is 91.4 cm³/mol. The van der Waals surface area contributed by atoms with Crippen molar-refractivity contribution in [2.45, 2.75) is 26.8 Å². The quantitative estimate of drug-likeness (QED) is 0.915. The summed E-state index contributed by atoms with van der Waals surface area (Å²) >= 11 is 1.76. The second-order valence-electron chi connectivity index (χ2n) is 6.65. The molecule has 2 aliphatic heterocycles. The molecule has 6 heteroatoms. The predicted octanol–water partition coefficient (Wildman–Crippen LogP) is 1.99. The van der Waals surface area contributed by atoms with Crippen molar-refractivity contribution in [3.8, 4) is 0 Å². The summed E-state index contributed by atoms with van der Waals surface area (Å²) in [6.07, 6.45) is 1.32. The van der Waals surface area contributed by atoms with Crippen molar-refractivity contribution in [1.82, 2.24) is 20.1 Å². The van der Waals surface area contributed by atoms with E-state index in [1.165, 1.54) is 62.9 Å². The smallest absolute Gasteiger partial charge is 0.0897 e. The number of piperazine rings is 1. The lowest BCUT2D eigenvalue weighted by Gasteiger charge is -2.38. The molecule has 0 spiro atoms. The van der Waals surface area contributed by atoms with Crippen molar-refractivity contribution in [3.05, 3.63) is 16.1 Å². The maximum atomic E-state index is 4.57. The van der Waals surface area contributed by atoms with Gasteiger partial charge in [-0.1, -0.05) is 6.92 Å². The number of aryl methyl sites for hydroxylation is 1. The first kappa shape index (κ1) is 17.2. The van der Waals surface area contributed by atoms with Gasteiger partial charge in [-0.15, -0.1) is 23.7 Å². The second kappa shape index (κ2) is 7.38. The fraction of sp³-hybridized carbons (Fsp3) is 0.800. The van der Waals surface area contributed by atoms with Crippen LogP contribution in [0.15, 0.2) is 5.38 Å². The zero-order valence-electron chi connectivity index (χ0n) is 13.1. The van der Waals surface area contributed by atoms with Crippen LogP contribution < -0.4 is 5.32 Å². The fourth-order valence-corrected chi connectivity index (χ4v) is 3.96. The minimum Gasteiger partial charge on any atom is -0.316 e. The van der Waals surface area contributed by atoms with Gasteiger partial charge in [-0.25, -0.2) is 4.98 Å². The Hall–Kier alpha value is -0.200. The van der Waals surface area contributed by atoms with Crippen LogP contribution in [-0.4, -0.2) is 60.6 Å². The van der Waals surface area contributed by atoms with Crippen LogP contribution in [0.1, 0.15) is 24.0 Å². The van der Waals surface area contributed by atoms with E-state index >= 15 is 0 Å². The van der Waals surface area contributed by atoms with Crippen LogP contribution in [0.2, 0.25) is 0 Å². The zero-order valence-corrected chi connectivity index (χ0v) is 14.7. The summed E-state index contributed by atoms with van der Waals surface area (Å²) in [4.78, 5) is 9.76. The van der Waals surface area contributed by atoms with Gasteiger partial charge in [-0.05, 0) is 25.3 Å². The van der Waals surface area contributed by atoms with Gasteiger partial charge in [0.15, 0.2) is 0 Å². The van der Waals surface area contributed by atoms with Crippen molar-refractivity contribution < 1.29 is 0 Å². The van der Waals surface area contributed by atoms with Crippen molar-refractivity contribution in [3.63, 3.8) is 0 Å². The van der Waals surface area contributed by atoms with E-state index in [9.17, 15) is 0 Å². The van der Waals surface area contributed by atoms with Gasteiger partial charge in [0.1, 0.15) is 0 Å². The first-order valence-electron chi connectivity index (χ1n) is 7.69. The van der Waals surface area contributed by atoms with Crippen LogP contribution in [0.3, 0.4) is 0 Å². The fourth-order valence-electron chi connectivity index (χ4n) is 3.36. The van der Waals surface area contributed by atoms with Crippen LogP contribution in [0.25, 0.3) is 0 Å². The molecule has 0 radical (unpaired) electrons. The first-order valence-corrected chi connectivity index (χ1v) is 8.57. The lowest BCUT2D eigenvalue weighted by atomic mass is 9.89. The largest absolute Gasteiger partial charge is 0.316 e. The molecule has 4 nitrogen and oxygen atoms in total. The Bertz CT molecular complexity index is 437. The Balaban J connectivity index is 0.00000161. The summed E-state index contributed by atoms with van der Waals surface area (Å²) in [5.41, 5.74) is 1.74. The van der Waals surface area contributed by atoms with Crippen LogP contribution in [0, 0.1) is 12.3 Å². The number of hydrogen-bond acceptors (Lipinski definition) is 5. The zero-order chi connectivity index (χ0) is 14.0. The minimum absolute atomic E-state index is 0. The van der Waals surface area contributed by atoms with Crippen LogP contribution in [-0.2, 0) is 6.54 Å². The molecule has 2 aliphatic rings. The molecule has 0 aliphatic carbocycles. The van der Waals surface area contributed by atoms with Gasteiger partial charge in [-0.3, -0.25) is 4.90 Å². The van der Waals surface area contributed by atoms with Crippen molar-refractivity contribution in [1.29, 1.82) is 0 Å². The van der Waals surface area contributed by atoms with Crippen LogP contribution in [0.4, 0.5) is 0 Å². The average Bonchev–Trinajstić information content (AvgIpc) is 3.01. The molecule has 1 N–H and O–H groups in total. The highest BCUT2D eigenvalue weighted by molar-refractivity contribution is 7.09. The van der Waals surface area contributed by atoms with Gasteiger partial charge in [0.25, 0.3) is 0 Å². The molecule has 2 saturated heterocycles. The normalized spacial score (nSPS) is 27.7. The molecule has 3 heterocycles. The third kappa shape index (κ3) is 4.63. The molecule has 0 saturated carbocycles. The molecule has 0 aromatic carbocycles. The Morgan fingerprint density at radius 1 is 1.29 bits per heavy atom. The van der Waals surface area contributed by atoms with Crippen LogP contribution >= 0.6 is 23.7 Å². The molecule has 120 valence electrons. The highest BCUT2D eigenvalue weighted by Crippen LogP contribution is 2.26. The van der Waals surface area contributed by atoms with E-state index in [1.54, 1.807) is 11.3 Å². The Labute approximate surface area is 138 Å². The maximum absolute atomic E-state index is 4.57. The summed E-state index contributed by atoms with van der Waals surface area (Å²) in [7, 11) is 0. The van der Waals surface area contributed by atoms with Crippen molar-refractivity contribution >= 4 is 23.7 Å². The van der Waals surface area contributed by atoms with E-state index in [0.29, 0.717) is 5.41 Å². The summed E-state index contributed by atoms with van der Waals surface area (Å²) in [5, 5.41) is 6.88. The number of hydrogen-bond donors (Lipinski definition) is 1. The minimum atomic E-state index is 0. The van der Waals surface area contributed by atoms with Crippen LogP contribution in [0.5, 0.6) is 0 Å². The number of nitrogens with zero attached hydrogens (tertiary/aromatic N) is 3. The average molecular weight is 331 g/mol. The lowest BCUT2D eigenvalue weighted by molar-refractivity contribution is 0.0927. The SMILES string of the molecule is Cc1nc(CN2CCN(CC3(C)CCNC3)CC2)cs1.Cl. The summed E-state index contributed by atoms with van der Waals surface area (Å²) < 4.78 is 0. The third-order valence-electron chi connectivity index (χ3n) is 4.58. The Morgan fingerprint density at radius 3 is 2.57 bits per heavy atom. The Kier molecular flexibility index (Phi) is 6.03. The maximum Gasteiger partial charge on any atom is 0.0897 e. The number of aromatic nitrogens is 1. The number of rotatable bonds is 4. The van der Waals surface area contributed by atoms with Gasteiger partial charge in [-0.2, -0.15) is 0 Å². The monoisotopic (exact) mass is 330 g/mol. The molecule has 2 fully saturated rings. The molecule has 1 aromatic heterocycles. The lowest BCUT2D eigenvalue weighted by Crippen LogP contribution is -2.49. The molecule has 1 atom stereocenters. The van der Waals surface area contributed by atoms with Gasteiger partial charge >= 0.3 is 0 Å². The molecular formula is C15H27ClN4S. The van der Waals surface area contributed by atoms with E-state index in [-0.39, 0.29) is 12.4 Å². The highest BCUT2D eigenvalue weighted by Gasteiger charge is 2.31. The second-order valence-corrected chi connectivity index (χ2v) is 7.71. The molecule has 1 unspecified atom stereocenters. The summed E-state index contributed by atoms with van der Waals surface area (Å²) in [5.74, 6) is 0. The Morgan fingerprint density at radius 2 is 2.00 bits per heavy atom. The highest BCUT2D eigenvalue weighted by atomic mass is 35.5. The standard InChI is InChI=1S/C15H26N4S.ClH/c1-13-17-14(10-20-13)9-18-5-7-19(8-6-18)12-15(2)3-4-16-11-15;/h10,16H,3-9,11-12H2,1-2H3;1H. The summed E-state index contributed by atoms with van der Waals surface area (Å²) in [6, 6.07) is 0. The van der Waals surface area contributed by atoms with E-state index in [0.717, 1.165) is 6.54 Å². The molecule has 1 aromatic rings. The van der Waals surface area contributed by atoms with Gasteiger partial charge in [0, 0.05) is 51.2 Å². The first-order chi connectivity index (χ1) is 9.63. The van der Waals surface area contributed by atoms with E-state index < -0.39 is 0 Å². The molecule has 3 rings (SSSR count). The molecular weight excluding hydrogens is 304 g/mol. The number of thiazole rings is 1. The number of nitrogens with one attached hydrogen (secondary N) is 1. The molecule has 0 bridgehead atoms.